The lowest BCUT2D eigenvalue weighted by Gasteiger charge is -2.25. The zero-order valence-electron chi connectivity index (χ0n) is 16.7. The third kappa shape index (κ3) is 5.33. The van der Waals surface area contributed by atoms with Crippen molar-refractivity contribution in [2.45, 2.75) is 34.8 Å². The maximum absolute atomic E-state index is 12.7. The molecule has 1 aliphatic heterocycles. The van der Waals surface area contributed by atoms with Crippen LogP contribution in [0.25, 0.3) is 0 Å². The van der Waals surface area contributed by atoms with Crippen LogP contribution < -0.4 is 5.32 Å². The van der Waals surface area contributed by atoms with E-state index >= 15 is 0 Å². The molecule has 1 fully saturated rings. The molecule has 1 aromatic heterocycles. The molecule has 0 radical (unpaired) electrons. The Bertz CT molecular complexity index is 1130. The van der Waals surface area contributed by atoms with Crippen molar-refractivity contribution in [1.29, 1.82) is 0 Å². The van der Waals surface area contributed by atoms with Crippen LogP contribution in [0.15, 0.2) is 68.8 Å². The van der Waals surface area contributed by atoms with Crippen LogP contribution in [0.2, 0.25) is 0 Å². The van der Waals surface area contributed by atoms with Crippen LogP contribution >= 0.6 is 11.8 Å². The Morgan fingerprint density at radius 3 is 2.42 bits per heavy atom. The van der Waals surface area contributed by atoms with E-state index in [0.717, 1.165) is 24.2 Å². The number of hydrogen-bond acceptors (Lipinski definition) is 7. The molecule has 0 atom stereocenters. The summed E-state index contributed by atoms with van der Waals surface area (Å²) in [5.41, 5.74) is 0.302. The first-order valence-corrected chi connectivity index (χ1v) is 12.4. The van der Waals surface area contributed by atoms with E-state index in [2.05, 4.69) is 15.5 Å². The molecule has 3 aromatic rings. The molecular formula is C21H22N4O4S2. The molecule has 0 saturated carbocycles. The van der Waals surface area contributed by atoms with Crippen molar-refractivity contribution in [2.75, 3.05) is 18.4 Å². The van der Waals surface area contributed by atoms with E-state index in [9.17, 15) is 13.2 Å². The molecule has 8 nitrogen and oxygen atoms in total. The number of carbonyl (C=O) groups is 1. The maximum Gasteiger partial charge on any atom is 0.322 e. The zero-order valence-corrected chi connectivity index (χ0v) is 18.4. The summed E-state index contributed by atoms with van der Waals surface area (Å²) in [6.07, 6.45) is 2.79. The van der Waals surface area contributed by atoms with Crippen LogP contribution in [-0.2, 0) is 15.8 Å². The molecular weight excluding hydrogens is 436 g/mol. The van der Waals surface area contributed by atoms with E-state index in [-0.39, 0.29) is 10.9 Å². The molecule has 1 N–H and O–H groups in total. The highest BCUT2D eigenvalue weighted by molar-refractivity contribution is 7.98. The quantitative estimate of drug-likeness (QED) is 0.537. The first-order chi connectivity index (χ1) is 15.0. The Morgan fingerprint density at radius 2 is 1.71 bits per heavy atom. The molecule has 1 saturated heterocycles. The zero-order chi connectivity index (χ0) is 21.7. The minimum absolute atomic E-state index is 0.00123. The Balaban J connectivity index is 1.36. The molecule has 1 amide bonds. The van der Waals surface area contributed by atoms with Crippen molar-refractivity contribution in [1.82, 2.24) is 14.5 Å². The van der Waals surface area contributed by atoms with Gasteiger partial charge in [0.25, 0.3) is 5.91 Å². The number of amides is 1. The number of sulfonamides is 1. The van der Waals surface area contributed by atoms with E-state index < -0.39 is 15.9 Å². The molecule has 10 heteroatoms. The van der Waals surface area contributed by atoms with Crippen LogP contribution in [0.3, 0.4) is 0 Å². The standard InChI is InChI=1S/C21H22N4O4S2/c26-20(22-21-24-23-19(29-21)15-30-17-7-3-1-4-8-17)16-9-11-18(12-10-16)31(27,28)25-13-5-2-6-14-25/h1,3-4,7-12H,2,5-6,13-15H2,(H,22,24,26). The summed E-state index contributed by atoms with van der Waals surface area (Å²) >= 11 is 1.55. The fourth-order valence-corrected chi connectivity index (χ4v) is 5.50. The minimum atomic E-state index is -3.53. The third-order valence-electron chi connectivity index (χ3n) is 4.86. The summed E-state index contributed by atoms with van der Waals surface area (Å²) < 4.78 is 32.4. The van der Waals surface area contributed by atoms with Gasteiger partial charge in [-0.05, 0) is 49.2 Å². The normalized spacial score (nSPS) is 15.0. The number of hydrogen-bond donors (Lipinski definition) is 1. The largest absolute Gasteiger partial charge is 0.407 e. The SMILES string of the molecule is O=C(Nc1nnc(CSc2ccccc2)o1)c1ccc(S(=O)(=O)N2CCCCC2)cc1. The average Bonchev–Trinajstić information content (AvgIpc) is 3.26. The monoisotopic (exact) mass is 458 g/mol. The molecule has 0 aliphatic carbocycles. The summed E-state index contributed by atoms with van der Waals surface area (Å²) in [5, 5.41) is 10.3. The molecule has 1 aliphatic rings. The van der Waals surface area contributed by atoms with Gasteiger partial charge in [0.05, 0.1) is 10.6 Å². The first kappa shape index (κ1) is 21.5. The summed E-state index contributed by atoms with van der Waals surface area (Å²) in [4.78, 5) is 13.7. The Morgan fingerprint density at radius 1 is 1.00 bits per heavy atom. The number of benzene rings is 2. The highest BCUT2D eigenvalue weighted by Gasteiger charge is 2.26. The van der Waals surface area contributed by atoms with E-state index in [1.54, 1.807) is 11.8 Å². The van der Waals surface area contributed by atoms with Gasteiger partial charge in [-0.1, -0.05) is 29.7 Å². The number of anilines is 1. The fourth-order valence-electron chi connectivity index (χ4n) is 3.23. The lowest BCUT2D eigenvalue weighted by Crippen LogP contribution is -2.35. The van der Waals surface area contributed by atoms with Gasteiger partial charge in [-0.15, -0.1) is 16.9 Å². The molecule has 0 spiro atoms. The van der Waals surface area contributed by atoms with Crippen molar-refractivity contribution in [3.05, 3.63) is 66.1 Å². The number of piperidine rings is 1. The highest BCUT2D eigenvalue weighted by Crippen LogP contribution is 2.23. The number of aromatic nitrogens is 2. The fraction of sp³-hybridized carbons (Fsp3) is 0.286. The van der Waals surface area contributed by atoms with E-state index in [4.69, 9.17) is 4.42 Å². The summed E-state index contributed by atoms with van der Waals surface area (Å²) in [6.45, 7) is 1.07. The van der Waals surface area contributed by atoms with E-state index in [0.29, 0.717) is 30.3 Å². The molecule has 0 bridgehead atoms. The molecule has 2 aromatic carbocycles. The predicted molar refractivity (Wildman–Crippen MR) is 117 cm³/mol. The highest BCUT2D eigenvalue weighted by atomic mass is 32.2. The van der Waals surface area contributed by atoms with Gasteiger partial charge in [0.1, 0.15) is 0 Å². The van der Waals surface area contributed by atoms with E-state index in [1.807, 2.05) is 30.3 Å². The summed E-state index contributed by atoms with van der Waals surface area (Å²) in [5.74, 6) is 0.426. The molecule has 162 valence electrons. The summed E-state index contributed by atoms with van der Waals surface area (Å²) in [7, 11) is -3.53. The smallest absolute Gasteiger partial charge is 0.322 e. The Hall–Kier alpha value is -2.69. The van der Waals surface area contributed by atoms with Gasteiger partial charge >= 0.3 is 6.01 Å². The molecule has 0 unspecified atom stereocenters. The predicted octanol–water partition coefficient (Wildman–Crippen LogP) is 3.79. The van der Waals surface area contributed by atoms with Gasteiger partial charge in [-0.3, -0.25) is 10.1 Å². The van der Waals surface area contributed by atoms with Crippen LogP contribution in [0.1, 0.15) is 35.5 Å². The number of nitrogens with one attached hydrogen (secondary N) is 1. The van der Waals surface area contributed by atoms with Crippen LogP contribution in [0.5, 0.6) is 0 Å². The molecule has 2 heterocycles. The van der Waals surface area contributed by atoms with Crippen LogP contribution in [0, 0.1) is 0 Å². The minimum Gasteiger partial charge on any atom is -0.407 e. The van der Waals surface area contributed by atoms with Crippen molar-refractivity contribution >= 4 is 33.7 Å². The van der Waals surface area contributed by atoms with Gasteiger partial charge in [0, 0.05) is 23.5 Å². The first-order valence-electron chi connectivity index (χ1n) is 9.94. The number of nitrogens with zero attached hydrogens (tertiary/aromatic N) is 3. The van der Waals surface area contributed by atoms with Gasteiger partial charge in [-0.2, -0.15) is 4.31 Å². The third-order valence-corrected chi connectivity index (χ3v) is 7.77. The Kier molecular flexibility index (Phi) is 6.69. The molecule has 31 heavy (non-hydrogen) atoms. The second-order valence-corrected chi connectivity index (χ2v) is 10.0. The van der Waals surface area contributed by atoms with Crippen molar-refractivity contribution in [3.63, 3.8) is 0 Å². The van der Waals surface area contributed by atoms with Crippen LogP contribution in [0.4, 0.5) is 6.01 Å². The lowest BCUT2D eigenvalue weighted by atomic mass is 10.2. The molecule has 4 rings (SSSR count). The number of carbonyl (C=O) groups excluding carboxylic acids is 1. The topological polar surface area (TPSA) is 105 Å². The van der Waals surface area contributed by atoms with Gasteiger partial charge < -0.3 is 4.42 Å². The number of rotatable bonds is 7. The lowest BCUT2D eigenvalue weighted by molar-refractivity contribution is 0.102. The van der Waals surface area contributed by atoms with Crippen molar-refractivity contribution in [2.24, 2.45) is 0 Å². The van der Waals surface area contributed by atoms with Crippen molar-refractivity contribution in [3.8, 4) is 0 Å². The van der Waals surface area contributed by atoms with Gasteiger partial charge in [0.15, 0.2) is 0 Å². The van der Waals surface area contributed by atoms with E-state index in [1.165, 1.54) is 28.6 Å². The van der Waals surface area contributed by atoms with Gasteiger partial charge in [-0.25, -0.2) is 8.42 Å². The second kappa shape index (κ2) is 9.63. The Labute approximate surface area is 185 Å². The van der Waals surface area contributed by atoms with Gasteiger partial charge in [0.2, 0.25) is 15.9 Å². The van der Waals surface area contributed by atoms with Crippen LogP contribution in [-0.4, -0.2) is 41.9 Å². The maximum atomic E-state index is 12.7. The van der Waals surface area contributed by atoms with Crippen molar-refractivity contribution < 1.29 is 17.6 Å². The average molecular weight is 459 g/mol. The number of thioether (sulfide) groups is 1. The summed E-state index contributed by atoms with van der Waals surface area (Å²) in [6, 6.07) is 15.7. The second-order valence-electron chi connectivity index (χ2n) is 7.05.